The Kier molecular flexibility index (Phi) is 5.54. The lowest BCUT2D eigenvalue weighted by molar-refractivity contribution is -0.384. The summed E-state index contributed by atoms with van der Waals surface area (Å²) >= 11 is 0. The second-order valence-electron chi connectivity index (χ2n) is 4.03. The molecule has 100 valence electrons. The first-order valence-electron chi connectivity index (χ1n) is 5.91. The molecular formula is C12H19N3O3. The van der Waals surface area contributed by atoms with Crippen LogP contribution in [0.4, 0.5) is 11.4 Å². The van der Waals surface area contributed by atoms with E-state index in [1.54, 1.807) is 19.2 Å². The van der Waals surface area contributed by atoms with Crippen LogP contribution in [0.25, 0.3) is 0 Å². The molecule has 6 heteroatoms. The van der Waals surface area contributed by atoms with Crippen LogP contribution in [0.5, 0.6) is 0 Å². The Balaban J connectivity index is 2.79. The molecule has 0 radical (unpaired) electrons. The molecule has 0 aromatic heterocycles. The number of aliphatic hydroxyl groups is 1. The molecular weight excluding hydrogens is 234 g/mol. The molecule has 0 bridgehead atoms. The van der Waals surface area contributed by atoms with Gasteiger partial charge in [0, 0.05) is 25.7 Å². The molecule has 0 heterocycles. The summed E-state index contributed by atoms with van der Waals surface area (Å²) < 4.78 is 0. The molecule has 6 nitrogen and oxygen atoms in total. The Morgan fingerprint density at radius 2 is 2.22 bits per heavy atom. The molecule has 0 aliphatic rings. The molecule has 0 aliphatic carbocycles. The molecule has 0 amide bonds. The summed E-state index contributed by atoms with van der Waals surface area (Å²) in [4.78, 5) is 10.5. The van der Waals surface area contributed by atoms with Gasteiger partial charge in [-0.2, -0.15) is 0 Å². The van der Waals surface area contributed by atoms with Crippen molar-refractivity contribution in [3.8, 4) is 0 Å². The molecule has 1 rings (SSSR count). The topological polar surface area (TPSA) is 87.4 Å². The highest BCUT2D eigenvalue weighted by Gasteiger charge is 2.13. The SMILES string of the molecule is CC[C@H](CO)NCc1ccc(NC)c([N+](=O)[O-])c1. The molecule has 1 aromatic carbocycles. The number of hydrogen-bond donors (Lipinski definition) is 3. The van der Waals surface area contributed by atoms with E-state index in [1.165, 1.54) is 0 Å². The zero-order chi connectivity index (χ0) is 13.5. The van der Waals surface area contributed by atoms with Crippen LogP contribution in [0.2, 0.25) is 0 Å². The summed E-state index contributed by atoms with van der Waals surface area (Å²) in [6.45, 7) is 2.54. The Morgan fingerprint density at radius 1 is 1.50 bits per heavy atom. The Morgan fingerprint density at radius 3 is 2.72 bits per heavy atom. The van der Waals surface area contributed by atoms with Crippen molar-refractivity contribution < 1.29 is 10.0 Å². The van der Waals surface area contributed by atoms with Gasteiger partial charge >= 0.3 is 0 Å². The predicted octanol–water partition coefficient (Wildman–Crippen LogP) is 1.50. The molecule has 3 N–H and O–H groups in total. The van der Waals surface area contributed by atoms with E-state index >= 15 is 0 Å². The van der Waals surface area contributed by atoms with Gasteiger partial charge in [0.05, 0.1) is 11.5 Å². The van der Waals surface area contributed by atoms with Gasteiger partial charge in [0.2, 0.25) is 0 Å². The van der Waals surface area contributed by atoms with Crippen LogP contribution < -0.4 is 10.6 Å². The maximum Gasteiger partial charge on any atom is 0.292 e. The number of anilines is 1. The summed E-state index contributed by atoms with van der Waals surface area (Å²) in [5, 5.41) is 25.9. The average molecular weight is 253 g/mol. The summed E-state index contributed by atoms with van der Waals surface area (Å²) in [7, 11) is 1.65. The van der Waals surface area contributed by atoms with Crippen LogP contribution in [0.3, 0.4) is 0 Å². The van der Waals surface area contributed by atoms with Gasteiger partial charge in [-0.3, -0.25) is 10.1 Å². The average Bonchev–Trinajstić information content (AvgIpc) is 2.39. The number of rotatable bonds is 7. The normalized spacial score (nSPS) is 12.2. The van der Waals surface area contributed by atoms with Crippen molar-refractivity contribution in [2.45, 2.75) is 25.9 Å². The molecule has 0 aliphatic heterocycles. The first-order chi connectivity index (χ1) is 8.62. The van der Waals surface area contributed by atoms with Gasteiger partial charge in [-0.05, 0) is 18.1 Å². The van der Waals surface area contributed by atoms with Gasteiger partial charge in [0.1, 0.15) is 5.69 Å². The number of nitro groups is 1. The lowest BCUT2D eigenvalue weighted by Crippen LogP contribution is -2.31. The fourth-order valence-electron chi connectivity index (χ4n) is 1.65. The fourth-order valence-corrected chi connectivity index (χ4v) is 1.65. The number of nitrogens with one attached hydrogen (secondary N) is 2. The van der Waals surface area contributed by atoms with Gasteiger partial charge < -0.3 is 15.7 Å². The van der Waals surface area contributed by atoms with Crippen molar-refractivity contribution >= 4 is 11.4 Å². The zero-order valence-corrected chi connectivity index (χ0v) is 10.6. The van der Waals surface area contributed by atoms with E-state index in [0.717, 1.165) is 12.0 Å². The predicted molar refractivity (Wildman–Crippen MR) is 70.6 cm³/mol. The highest BCUT2D eigenvalue weighted by molar-refractivity contribution is 5.62. The third kappa shape index (κ3) is 3.68. The van der Waals surface area contributed by atoms with Crippen LogP contribution in [0, 0.1) is 10.1 Å². The van der Waals surface area contributed by atoms with E-state index in [0.29, 0.717) is 12.2 Å². The van der Waals surface area contributed by atoms with Crippen molar-refractivity contribution in [2.75, 3.05) is 19.0 Å². The third-order valence-corrected chi connectivity index (χ3v) is 2.84. The molecule has 0 unspecified atom stereocenters. The highest BCUT2D eigenvalue weighted by Crippen LogP contribution is 2.24. The van der Waals surface area contributed by atoms with Crippen LogP contribution in [-0.4, -0.2) is 29.7 Å². The third-order valence-electron chi connectivity index (χ3n) is 2.84. The van der Waals surface area contributed by atoms with E-state index in [1.807, 2.05) is 13.0 Å². The molecule has 0 saturated carbocycles. The van der Waals surface area contributed by atoms with Crippen molar-refractivity contribution in [1.29, 1.82) is 0 Å². The van der Waals surface area contributed by atoms with Gasteiger partial charge in [-0.1, -0.05) is 13.0 Å². The maximum atomic E-state index is 10.9. The number of nitro benzene ring substituents is 1. The smallest absolute Gasteiger partial charge is 0.292 e. The lowest BCUT2D eigenvalue weighted by Gasteiger charge is -2.14. The van der Waals surface area contributed by atoms with Crippen molar-refractivity contribution in [3.63, 3.8) is 0 Å². The number of benzene rings is 1. The maximum absolute atomic E-state index is 10.9. The Bertz CT molecular complexity index is 406. The number of nitrogens with zero attached hydrogens (tertiary/aromatic N) is 1. The first kappa shape index (κ1) is 14.4. The van der Waals surface area contributed by atoms with Crippen LogP contribution in [-0.2, 0) is 6.54 Å². The fraction of sp³-hybridized carbons (Fsp3) is 0.500. The van der Waals surface area contributed by atoms with Crippen LogP contribution in [0.15, 0.2) is 18.2 Å². The van der Waals surface area contributed by atoms with E-state index in [4.69, 9.17) is 5.11 Å². The summed E-state index contributed by atoms with van der Waals surface area (Å²) in [5.74, 6) is 0. The van der Waals surface area contributed by atoms with E-state index in [2.05, 4.69) is 10.6 Å². The van der Waals surface area contributed by atoms with Gasteiger partial charge in [0.15, 0.2) is 0 Å². The van der Waals surface area contributed by atoms with Crippen molar-refractivity contribution in [1.82, 2.24) is 5.32 Å². The highest BCUT2D eigenvalue weighted by atomic mass is 16.6. The monoisotopic (exact) mass is 253 g/mol. The summed E-state index contributed by atoms with van der Waals surface area (Å²) in [6.07, 6.45) is 0.813. The van der Waals surface area contributed by atoms with Crippen molar-refractivity contribution in [3.05, 3.63) is 33.9 Å². The quantitative estimate of drug-likeness (QED) is 0.506. The lowest BCUT2D eigenvalue weighted by atomic mass is 10.1. The van der Waals surface area contributed by atoms with Gasteiger partial charge in [-0.15, -0.1) is 0 Å². The standard InChI is InChI=1S/C12H19N3O3/c1-3-10(8-16)14-7-9-4-5-11(13-2)12(6-9)15(17)18/h4-6,10,13-14,16H,3,7-8H2,1-2H3/t10-/m1/s1. The zero-order valence-electron chi connectivity index (χ0n) is 10.6. The molecule has 18 heavy (non-hydrogen) atoms. The Hall–Kier alpha value is -1.66. The second-order valence-corrected chi connectivity index (χ2v) is 4.03. The second kappa shape index (κ2) is 6.93. The van der Waals surface area contributed by atoms with Gasteiger partial charge in [-0.25, -0.2) is 0 Å². The van der Waals surface area contributed by atoms with Crippen LogP contribution >= 0.6 is 0 Å². The molecule has 1 aromatic rings. The molecule has 0 fully saturated rings. The van der Waals surface area contributed by atoms with Crippen molar-refractivity contribution in [2.24, 2.45) is 0 Å². The molecule has 0 spiro atoms. The first-order valence-corrected chi connectivity index (χ1v) is 5.91. The van der Waals surface area contributed by atoms with Gasteiger partial charge in [0.25, 0.3) is 5.69 Å². The minimum Gasteiger partial charge on any atom is -0.395 e. The minimum absolute atomic E-state index is 0.0213. The summed E-state index contributed by atoms with van der Waals surface area (Å²) in [6, 6.07) is 5.08. The van der Waals surface area contributed by atoms with E-state index in [9.17, 15) is 10.1 Å². The summed E-state index contributed by atoms with van der Waals surface area (Å²) in [5.41, 5.74) is 1.39. The molecule has 0 saturated heterocycles. The largest absolute Gasteiger partial charge is 0.395 e. The number of aliphatic hydroxyl groups excluding tert-OH is 1. The van der Waals surface area contributed by atoms with E-state index in [-0.39, 0.29) is 18.3 Å². The number of hydrogen-bond acceptors (Lipinski definition) is 5. The van der Waals surface area contributed by atoms with E-state index < -0.39 is 4.92 Å². The Labute approximate surface area is 106 Å². The van der Waals surface area contributed by atoms with Crippen LogP contribution in [0.1, 0.15) is 18.9 Å². The molecule has 1 atom stereocenters. The minimum atomic E-state index is -0.404.